The van der Waals surface area contributed by atoms with Gasteiger partial charge in [-0.15, -0.1) is 0 Å². The minimum Gasteiger partial charge on any atom is -0.465 e. The maximum atomic E-state index is 12.3. The lowest BCUT2D eigenvalue weighted by atomic mass is 9.92. The number of hydrogen-bond donors (Lipinski definition) is 0. The zero-order valence-electron chi connectivity index (χ0n) is 17.5. The van der Waals surface area contributed by atoms with Gasteiger partial charge in [0.15, 0.2) is 0 Å². The van der Waals surface area contributed by atoms with Crippen LogP contribution >= 0.6 is 0 Å². The van der Waals surface area contributed by atoms with Gasteiger partial charge in [0.2, 0.25) is 0 Å². The third-order valence-electron chi connectivity index (χ3n) is 5.73. The van der Waals surface area contributed by atoms with Gasteiger partial charge < -0.3 is 9.47 Å². The molecule has 156 valence electrons. The summed E-state index contributed by atoms with van der Waals surface area (Å²) in [6, 6.07) is 25.7. The molecule has 0 amide bonds. The number of hydrogen-bond acceptors (Lipinski definition) is 4. The van der Waals surface area contributed by atoms with Crippen LogP contribution in [0.15, 0.2) is 84.9 Å². The SMILES string of the molecule is COC(=O)c1ccc(/C=C/C(=O)OCc2ccc3ccc4cccc5ccc2c3c45)cc1. The topological polar surface area (TPSA) is 52.6 Å². The van der Waals surface area contributed by atoms with Crippen molar-refractivity contribution in [2.24, 2.45) is 0 Å². The van der Waals surface area contributed by atoms with Crippen LogP contribution in [-0.2, 0) is 20.9 Å². The number of carbonyl (C=O) groups is 2. The Hall–Kier alpha value is -4.18. The van der Waals surface area contributed by atoms with E-state index in [9.17, 15) is 9.59 Å². The van der Waals surface area contributed by atoms with Gasteiger partial charge in [0.1, 0.15) is 6.61 Å². The molecule has 0 spiro atoms. The van der Waals surface area contributed by atoms with E-state index >= 15 is 0 Å². The molecule has 0 aliphatic heterocycles. The monoisotopic (exact) mass is 420 g/mol. The summed E-state index contributed by atoms with van der Waals surface area (Å²) in [6.45, 7) is 0.193. The van der Waals surface area contributed by atoms with E-state index in [4.69, 9.17) is 4.74 Å². The second kappa shape index (κ2) is 8.16. The van der Waals surface area contributed by atoms with Crippen LogP contribution in [0.4, 0.5) is 0 Å². The highest BCUT2D eigenvalue weighted by atomic mass is 16.5. The first-order valence-corrected chi connectivity index (χ1v) is 10.3. The van der Waals surface area contributed by atoms with E-state index < -0.39 is 11.9 Å². The second-order valence-electron chi connectivity index (χ2n) is 7.64. The Labute approximate surface area is 185 Å². The highest BCUT2D eigenvalue weighted by Gasteiger charge is 2.11. The number of benzene rings is 5. The van der Waals surface area contributed by atoms with Gasteiger partial charge >= 0.3 is 11.9 Å². The molecule has 0 saturated carbocycles. The molecule has 5 rings (SSSR count). The van der Waals surface area contributed by atoms with Crippen LogP contribution in [0.1, 0.15) is 21.5 Å². The molecule has 0 aromatic heterocycles. The molecule has 0 aliphatic rings. The van der Waals surface area contributed by atoms with Crippen molar-refractivity contribution < 1.29 is 19.1 Å². The number of ether oxygens (including phenoxy) is 2. The molecule has 0 aliphatic carbocycles. The van der Waals surface area contributed by atoms with E-state index in [1.54, 1.807) is 30.3 Å². The van der Waals surface area contributed by atoms with E-state index in [-0.39, 0.29) is 6.61 Å². The number of rotatable bonds is 5. The third-order valence-corrected chi connectivity index (χ3v) is 5.73. The predicted molar refractivity (Wildman–Crippen MR) is 127 cm³/mol. The summed E-state index contributed by atoms with van der Waals surface area (Å²) in [6.07, 6.45) is 3.05. The van der Waals surface area contributed by atoms with E-state index in [2.05, 4.69) is 53.3 Å². The van der Waals surface area contributed by atoms with Crippen molar-refractivity contribution in [2.45, 2.75) is 6.61 Å². The van der Waals surface area contributed by atoms with Crippen molar-refractivity contribution in [2.75, 3.05) is 7.11 Å². The Kier molecular flexibility index (Phi) is 5.04. The smallest absolute Gasteiger partial charge is 0.337 e. The molecule has 0 heterocycles. The van der Waals surface area contributed by atoms with Gasteiger partial charge in [-0.25, -0.2) is 9.59 Å². The van der Waals surface area contributed by atoms with E-state index in [0.29, 0.717) is 5.56 Å². The van der Waals surface area contributed by atoms with Gasteiger partial charge in [-0.05, 0) is 61.7 Å². The molecule has 0 atom stereocenters. The Bertz CT molecular complexity index is 1460. The fraction of sp³-hybridized carbons (Fsp3) is 0.0714. The molecular formula is C28H20O4. The first-order chi connectivity index (χ1) is 15.6. The fourth-order valence-electron chi connectivity index (χ4n) is 4.13. The molecule has 0 bridgehead atoms. The van der Waals surface area contributed by atoms with Crippen molar-refractivity contribution in [3.8, 4) is 0 Å². The van der Waals surface area contributed by atoms with E-state index in [0.717, 1.165) is 16.5 Å². The van der Waals surface area contributed by atoms with Gasteiger partial charge in [0, 0.05) is 6.08 Å². The minimum absolute atomic E-state index is 0.193. The Morgan fingerprint density at radius 2 is 1.44 bits per heavy atom. The van der Waals surface area contributed by atoms with Crippen molar-refractivity contribution in [3.05, 3.63) is 102 Å². The Morgan fingerprint density at radius 1 is 0.781 bits per heavy atom. The van der Waals surface area contributed by atoms with Crippen LogP contribution in [0.3, 0.4) is 0 Å². The largest absolute Gasteiger partial charge is 0.465 e. The summed E-state index contributed by atoms with van der Waals surface area (Å²) < 4.78 is 10.2. The maximum absolute atomic E-state index is 12.3. The number of carbonyl (C=O) groups excluding carboxylic acids is 2. The molecule has 0 saturated heterocycles. The van der Waals surface area contributed by atoms with Crippen molar-refractivity contribution in [3.63, 3.8) is 0 Å². The van der Waals surface area contributed by atoms with Crippen LogP contribution in [0, 0.1) is 0 Å². The molecule has 4 nitrogen and oxygen atoms in total. The van der Waals surface area contributed by atoms with Crippen molar-refractivity contribution in [1.82, 2.24) is 0 Å². The zero-order chi connectivity index (χ0) is 22.1. The molecule has 0 unspecified atom stereocenters. The average Bonchev–Trinajstić information content (AvgIpc) is 2.85. The second-order valence-corrected chi connectivity index (χ2v) is 7.64. The van der Waals surface area contributed by atoms with Crippen LogP contribution < -0.4 is 0 Å². The summed E-state index contributed by atoms with van der Waals surface area (Å²) in [5.74, 6) is -0.819. The number of esters is 2. The average molecular weight is 420 g/mol. The van der Waals surface area contributed by atoms with Gasteiger partial charge in [0.25, 0.3) is 0 Å². The lowest BCUT2D eigenvalue weighted by Crippen LogP contribution is -2.02. The molecule has 5 aromatic rings. The summed E-state index contributed by atoms with van der Waals surface area (Å²) in [5, 5.41) is 7.13. The first-order valence-electron chi connectivity index (χ1n) is 10.3. The third kappa shape index (κ3) is 3.56. The van der Waals surface area contributed by atoms with Gasteiger partial charge in [-0.3, -0.25) is 0 Å². The van der Waals surface area contributed by atoms with Crippen LogP contribution in [-0.4, -0.2) is 19.0 Å². The predicted octanol–water partition coefficient (Wildman–Crippen LogP) is 6.13. The standard InChI is InChI=1S/C28H20O4/c1-31-28(30)22-8-5-18(6-9-22)7-16-25(29)32-17-23-13-12-21-11-10-19-3-2-4-20-14-15-24(23)27(21)26(19)20/h2-16H,17H2,1H3/b16-7+. The molecule has 0 fully saturated rings. The molecule has 0 N–H and O–H groups in total. The summed E-state index contributed by atoms with van der Waals surface area (Å²) in [7, 11) is 1.34. The van der Waals surface area contributed by atoms with E-state index in [1.165, 1.54) is 40.1 Å². The Balaban J connectivity index is 1.35. The highest BCUT2D eigenvalue weighted by molar-refractivity contribution is 6.23. The van der Waals surface area contributed by atoms with Crippen LogP contribution in [0.5, 0.6) is 0 Å². The van der Waals surface area contributed by atoms with Crippen molar-refractivity contribution >= 4 is 50.3 Å². The van der Waals surface area contributed by atoms with Crippen molar-refractivity contribution in [1.29, 1.82) is 0 Å². The first kappa shape index (κ1) is 19.8. The lowest BCUT2D eigenvalue weighted by molar-refractivity contribution is -0.138. The Morgan fingerprint density at radius 3 is 2.16 bits per heavy atom. The maximum Gasteiger partial charge on any atom is 0.337 e. The van der Waals surface area contributed by atoms with Crippen LogP contribution in [0.25, 0.3) is 38.4 Å². The summed E-state index contributed by atoms with van der Waals surface area (Å²) in [4.78, 5) is 23.8. The van der Waals surface area contributed by atoms with Gasteiger partial charge in [-0.2, -0.15) is 0 Å². The van der Waals surface area contributed by atoms with E-state index in [1.807, 2.05) is 6.07 Å². The normalized spacial score (nSPS) is 11.5. The summed E-state index contributed by atoms with van der Waals surface area (Å²) in [5.41, 5.74) is 2.22. The quantitative estimate of drug-likeness (QED) is 0.195. The van der Waals surface area contributed by atoms with Gasteiger partial charge in [0.05, 0.1) is 12.7 Å². The van der Waals surface area contributed by atoms with Gasteiger partial charge in [-0.1, -0.05) is 66.7 Å². The fourth-order valence-corrected chi connectivity index (χ4v) is 4.13. The highest BCUT2D eigenvalue weighted by Crippen LogP contribution is 2.36. The van der Waals surface area contributed by atoms with Crippen LogP contribution in [0.2, 0.25) is 0 Å². The molecule has 5 aromatic carbocycles. The molecule has 4 heteroatoms. The zero-order valence-corrected chi connectivity index (χ0v) is 17.5. The molecule has 0 radical (unpaired) electrons. The minimum atomic E-state index is -0.423. The number of methoxy groups -OCH3 is 1. The summed E-state index contributed by atoms with van der Waals surface area (Å²) >= 11 is 0. The lowest BCUT2D eigenvalue weighted by Gasteiger charge is -2.13. The molecular weight excluding hydrogens is 400 g/mol. The molecule has 32 heavy (non-hydrogen) atoms.